The molecule has 5 unspecified atom stereocenters. The maximum Gasteiger partial charge on any atom is 0.336 e. The van der Waals surface area contributed by atoms with Crippen molar-refractivity contribution in [3.8, 4) is 5.82 Å². The second-order valence-corrected chi connectivity index (χ2v) is 12.8. The van der Waals surface area contributed by atoms with Gasteiger partial charge in [-0.2, -0.15) is 9.97 Å². The van der Waals surface area contributed by atoms with E-state index in [1.807, 2.05) is 30.3 Å². The fraction of sp³-hybridized carbons (Fsp3) is 0.316. The molecule has 0 amide bonds. The summed E-state index contributed by atoms with van der Waals surface area (Å²) in [4.78, 5) is 40.6. The lowest BCUT2D eigenvalue weighted by molar-refractivity contribution is -0.0331. The Kier molecular flexibility index (Phi) is 6.54. The van der Waals surface area contributed by atoms with Gasteiger partial charge in [0.25, 0.3) is 7.52 Å². The van der Waals surface area contributed by atoms with Crippen LogP contribution >= 0.6 is 26.7 Å². The molecule has 1 aliphatic heterocycles. The molecule has 5 atom stereocenters. The number of nitrogens with zero attached hydrogens (tertiary/aromatic N) is 5. The molecule has 6 N–H and O–H groups in total. The minimum atomic E-state index is -4.77. The minimum absolute atomic E-state index is 0.0954. The molecule has 0 saturated carbocycles. The highest BCUT2D eigenvalue weighted by Crippen LogP contribution is 2.52. The van der Waals surface area contributed by atoms with Gasteiger partial charge in [-0.25, -0.2) is 10.1 Å². The number of ether oxygens (including phenoxy) is 1. The van der Waals surface area contributed by atoms with Gasteiger partial charge in [-0.1, -0.05) is 18.2 Å². The molecule has 36 heavy (non-hydrogen) atoms. The van der Waals surface area contributed by atoms with E-state index in [2.05, 4.69) is 20.0 Å². The summed E-state index contributed by atoms with van der Waals surface area (Å²) in [5, 5.41) is 24.1. The highest BCUT2D eigenvalue weighted by molar-refractivity contribution is 7.71. The van der Waals surface area contributed by atoms with Crippen molar-refractivity contribution in [2.75, 3.05) is 12.4 Å². The van der Waals surface area contributed by atoms with Crippen molar-refractivity contribution in [3.05, 3.63) is 48.1 Å². The third-order valence-electron chi connectivity index (χ3n) is 5.73. The summed E-state index contributed by atoms with van der Waals surface area (Å²) in [5.74, 6) is -0.900. The molecule has 1 aliphatic rings. The summed E-state index contributed by atoms with van der Waals surface area (Å²) in [6.07, 6.45) is -2.23. The summed E-state index contributed by atoms with van der Waals surface area (Å²) in [6.45, 7) is -0.467. The summed E-state index contributed by atoms with van der Waals surface area (Å²) < 4.78 is 32.0. The van der Waals surface area contributed by atoms with Gasteiger partial charge < -0.3 is 29.6 Å². The molecule has 0 spiro atoms. The number of aliphatic hydroxyl groups excluding tert-OH is 2. The Bertz CT molecular complexity index is 1540. The fourth-order valence-electron chi connectivity index (χ4n) is 4.16. The smallest absolute Gasteiger partial charge is 0.336 e. The second kappa shape index (κ2) is 9.26. The molecule has 0 bridgehead atoms. The van der Waals surface area contributed by atoms with E-state index in [0.29, 0.717) is 11.3 Å². The van der Waals surface area contributed by atoms with Crippen molar-refractivity contribution in [2.24, 2.45) is 0 Å². The number of aromatic nitrogens is 5. The van der Waals surface area contributed by atoms with Crippen LogP contribution in [0.15, 0.2) is 42.9 Å². The SMILES string of the molecule is O=P(O)(O)CP(=O)(O)NCC1OC(n2cnc3c(-n4ccc5ccccc54)nc(Cl)nc32)C(O)C1O. The van der Waals surface area contributed by atoms with E-state index in [1.54, 1.807) is 10.8 Å². The number of imidazole rings is 1. The number of para-hydroxylation sites is 1. The van der Waals surface area contributed by atoms with Crippen LogP contribution in [-0.4, -0.2) is 79.7 Å². The van der Waals surface area contributed by atoms with Crippen molar-refractivity contribution in [1.29, 1.82) is 0 Å². The first-order valence-corrected chi connectivity index (χ1v) is 14.6. The first-order chi connectivity index (χ1) is 16.9. The Morgan fingerprint density at radius 1 is 1.08 bits per heavy atom. The topological polar surface area (TPSA) is 205 Å². The predicted octanol–water partition coefficient (Wildman–Crippen LogP) is 0.953. The van der Waals surface area contributed by atoms with Crippen molar-refractivity contribution in [2.45, 2.75) is 24.5 Å². The average molecular weight is 559 g/mol. The van der Waals surface area contributed by atoms with E-state index < -0.39 is 52.1 Å². The maximum absolute atomic E-state index is 12.0. The van der Waals surface area contributed by atoms with Gasteiger partial charge in [0.05, 0.1) is 11.8 Å². The van der Waals surface area contributed by atoms with E-state index in [0.717, 1.165) is 10.9 Å². The minimum Gasteiger partial charge on any atom is -0.387 e. The van der Waals surface area contributed by atoms with Gasteiger partial charge in [-0.15, -0.1) is 0 Å². The van der Waals surface area contributed by atoms with Gasteiger partial charge >= 0.3 is 7.60 Å². The van der Waals surface area contributed by atoms with E-state index in [9.17, 15) is 24.2 Å². The van der Waals surface area contributed by atoms with E-state index in [4.69, 9.17) is 26.1 Å². The molecule has 17 heteroatoms. The first-order valence-electron chi connectivity index (χ1n) is 10.5. The standard InChI is InChI=1S/C19H21ClN6O8P2/c20-19-23-16(25-6-5-10-3-1-2-4-11(10)25)13-17(24-19)26(8-21-13)18-15(28)14(27)12(34-18)7-22-35(29,30)9-36(31,32)33/h1-6,8,12,14-15,18,27-28H,7,9H2,(H2,22,29,30)(H2,31,32,33). The number of hydrogen-bond acceptors (Lipinski definition) is 8. The van der Waals surface area contributed by atoms with Crippen molar-refractivity contribution in [3.63, 3.8) is 0 Å². The lowest BCUT2D eigenvalue weighted by Gasteiger charge is -2.19. The monoisotopic (exact) mass is 558 g/mol. The molecule has 0 radical (unpaired) electrons. The third kappa shape index (κ3) is 4.85. The number of benzene rings is 1. The molecule has 0 aliphatic carbocycles. The van der Waals surface area contributed by atoms with Crippen molar-refractivity contribution >= 4 is 48.8 Å². The molecule has 1 saturated heterocycles. The largest absolute Gasteiger partial charge is 0.387 e. The summed E-state index contributed by atoms with van der Waals surface area (Å²) in [5.41, 5.74) is 1.40. The molecule has 1 fully saturated rings. The van der Waals surface area contributed by atoms with Crippen LogP contribution in [0.3, 0.4) is 0 Å². The summed E-state index contributed by atoms with van der Waals surface area (Å²) >= 11 is 6.21. The van der Waals surface area contributed by atoms with Crippen LogP contribution in [0.25, 0.3) is 27.9 Å². The average Bonchev–Trinajstić information content (AvgIpc) is 3.47. The van der Waals surface area contributed by atoms with Gasteiger partial charge in [0.15, 0.2) is 23.2 Å². The van der Waals surface area contributed by atoms with Gasteiger partial charge in [-0.05, 0) is 29.1 Å². The maximum atomic E-state index is 12.0. The quantitative estimate of drug-likeness (QED) is 0.138. The molecule has 192 valence electrons. The third-order valence-corrected chi connectivity index (χ3v) is 9.58. The van der Waals surface area contributed by atoms with Gasteiger partial charge in [-0.3, -0.25) is 18.3 Å². The first kappa shape index (κ1) is 25.4. The zero-order chi connectivity index (χ0) is 25.8. The zero-order valence-electron chi connectivity index (χ0n) is 18.2. The Hall–Kier alpha value is -2.22. The number of rotatable bonds is 7. The summed E-state index contributed by atoms with van der Waals surface area (Å²) in [7, 11) is -9.21. The van der Waals surface area contributed by atoms with E-state index >= 15 is 0 Å². The Balaban J connectivity index is 1.45. The molecule has 14 nitrogen and oxygen atoms in total. The number of aliphatic hydroxyl groups is 2. The van der Waals surface area contributed by atoms with Crippen LogP contribution < -0.4 is 5.09 Å². The lowest BCUT2D eigenvalue weighted by Crippen LogP contribution is -2.37. The van der Waals surface area contributed by atoms with Crippen LogP contribution in [0, 0.1) is 0 Å². The van der Waals surface area contributed by atoms with Crippen molar-refractivity contribution < 1.29 is 38.8 Å². The van der Waals surface area contributed by atoms with Crippen molar-refractivity contribution in [1.82, 2.24) is 29.2 Å². The highest BCUT2D eigenvalue weighted by Gasteiger charge is 2.45. The fourth-order valence-corrected chi connectivity index (χ4v) is 7.18. The summed E-state index contributed by atoms with van der Waals surface area (Å²) in [6, 6.07) is 9.52. The highest BCUT2D eigenvalue weighted by atomic mass is 35.5. The van der Waals surface area contributed by atoms with Crippen LogP contribution in [0.4, 0.5) is 0 Å². The Labute approximate surface area is 207 Å². The number of fused-ring (bicyclic) bond motifs is 2. The molecule has 4 aromatic rings. The van der Waals surface area contributed by atoms with Crippen LogP contribution in [0.5, 0.6) is 0 Å². The van der Waals surface area contributed by atoms with E-state index in [-0.39, 0.29) is 10.9 Å². The normalized spacial score (nSPS) is 24.5. The molecular weight excluding hydrogens is 538 g/mol. The van der Waals surface area contributed by atoms with Gasteiger partial charge in [0.2, 0.25) is 5.28 Å². The van der Waals surface area contributed by atoms with Gasteiger partial charge in [0.1, 0.15) is 24.2 Å². The van der Waals surface area contributed by atoms with Crippen LogP contribution in [0.1, 0.15) is 6.23 Å². The number of nitrogens with one attached hydrogen (secondary N) is 1. The number of hydrogen-bond donors (Lipinski definition) is 6. The second-order valence-electron chi connectivity index (χ2n) is 8.30. The molecule has 5 rings (SSSR count). The van der Waals surface area contributed by atoms with Crippen LogP contribution in [-0.2, 0) is 13.9 Å². The number of halogens is 1. The molecule has 3 aromatic heterocycles. The Morgan fingerprint density at radius 3 is 2.58 bits per heavy atom. The van der Waals surface area contributed by atoms with Gasteiger partial charge in [0, 0.05) is 12.7 Å². The lowest BCUT2D eigenvalue weighted by atomic mass is 10.1. The zero-order valence-corrected chi connectivity index (χ0v) is 20.8. The van der Waals surface area contributed by atoms with Crippen LogP contribution in [0.2, 0.25) is 5.28 Å². The molecular formula is C19H21ClN6O8P2. The van der Waals surface area contributed by atoms with E-state index in [1.165, 1.54) is 10.9 Å². The predicted molar refractivity (Wildman–Crippen MR) is 128 cm³/mol. The Morgan fingerprint density at radius 2 is 1.83 bits per heavy atom. The molecule has 1 aromatic carbocycles. The molecule has 4 heterocycles.